The molecule has 0 amide bonds. The van der Waals surface area contributed by atoms with E-state index in [-0.39, 0.29) is 0 Å². The molecular formula is C9H15BO3. The average Bonchev–Trinajstić information content (AvgIpc) is 2.19. The molecule has 1 rings (SSSR count). The zero-order chi connectivity index (χ0) is 10.1. The van der Waals surface area contributed by atoms with Crippen molar-refractivity contribution < 1.29 is 14.8 Å². The first-order valence-electron chi connectivity index (χ1n) is 4.13. The molecule has 2 N–H and O–H groups in total. The Balaban J connectivity index is 0.000000424. The molecule has 0 aromatic heterocycles. The molecule has 0 aliphatic heterocycles. The van der Waals surface area contributed by atoms with Crippen LogP contribution in [-0.2, 0) is 6.42 Å². The molecule has 4 heteroatoms. The second-order valence-corrected chi connectivity index (χ2v) is 2.31. The van der Waals surface area contributed by atoms with Gasteiger partial charge in [-0.3, -0.25) is 0 Å². The number of para-hydroxylation sites is 1. The fraction of sp³-hybridized carbons (Fsp3) is 0.333. The maximum absolute atomic E-state index is 7.12. The van der Waals surface area contributed by atoms with Crippen LogP contribution >= 0.6 is 0 Å². The van der Waals surface area contributed by atoms with E-state index >= 15 is 0 Å². The maximum Gasteiger partial charge on any atom is 0.432 e. The Bertz CT molecular complexity index is 205. The Labute approximate surface area is 79.3 Å². The van der Waals surface area contributed by atoms with Gasteiger partial charge in [0.05, 0.1) is 7.11 Å². The summed E-state index contributed by atoms with van der Waals surface area (Å²) in [6.45, 7) is 2.12. The largest absolute Gasteiger partial charge is 0.496 e. The van der Waals surface area contributed by atoms with Crippen LogP contribution in [0.4, 0.5) is 0 Å². The summed E-state index contributed by atoms with van der Waals surface area (Å²) in [5.74, 6) is 0.991. The van der Waals surface area contributed by atoms with Crippen LogP contribution in [0, 0.1) is 0 Å². The Hall–Kier alpha value is -0.995. The zero-order valence-corrected chi connectivity index (χ0v) is 8.03. The number of benzene rings is 1. The number of ether oxygens (including phenoxy) is 1. The molecule has 0 radical (unpaired) electrons. The van der Waals surface area contributed by atoms with Crippen LogP contribution in [-0.4, -0.2) is 24.8 Å². The Kier molecular flexibility index (Phi) is 7.06. The van der Waals surface area contributed by atoms with Crippen molar-refractivity contribution in [1.29, 1.82) is 0 Å². The first-order chi connectivity index (χ1) is 6.29. The quantitative estimate of drug-likeness (QED) is 0.654. The fourth-order valence-corrected chi connectivity index (χ4v) is 0.995. The minimum atomic E-state index is -0.750. The van der Waals surface area contributed by atoms with Crippen LogP contribution in [0.3, 0.4) is 0 Å². The second kappa shape index (κ2) is 7.64. The molecule has 0 heterocycles. The first kappa shape index (κ1) is 12.0. The zero-order valence-electron chi connectivity index (χ0n) is 8.03. The summed E-state index contributed by atoms with van der Waals surface area (Å²) >= 11 is 0. The van der Waals surface area contributed by atoms with Crippen molar-refractivity contribution in [3.63, 3.8) is 0 Å². The monoisotopic (exact) mass is 182 g/mol. The van der Waals surface area contributed by atoms with Crippen molar-refractivity contribution in [2.75, 3.05) is 7.11 Å². The molecule has 0 unspecified atom stereocenters. The van der Waals surface area contributed by atoms with Crippen LogP contribution in [0.25, 0.3) is 0 Å². The third-order valence-corrected chi connectivity index (χ3v) is 1.57. The van der Waals surface area contributed by atoms with Crippen LogP contribution in [0.1, 0.15) is 12.5 Å². The molecule has 0 aliphatic carbocycles. The van der Waals surface area contributed by atoms with Crippen molar-refractivity contribution in [3.05, 3.63) is 29.8 Å². The Morgan fingerprint density at radius 2 is 1.85 bits per heavy atom. The van der Waals surface area contributed by atoms with Gasteiger partial charge < -0.3 is 14.8 Å². The lowest BCUT2D eigenvalue weighted by atomic mass is 10.1. The van der Waals surface area contributed by atoms with E-state index in [9.17, 15) is 0 Å². The SMILES string of the molecule is CCc1ccccc1OC.OBO. The van der Waals surface area contributed by atoms with Crippen LogP contribution in [0.15, 0.2) is 24.3 Å². The summed E-state index contributed by atoms with van der Waals surface area (Å²) in [6, 6.07) is 8.08. The molecule has 1 aromatic rings. The van der Waals surface area contributed by atoms with Gasteiger partial charge in [0.1, 0.15) is 5.75 Å². The summed E-state index contributed by atoms with van der Waals surface area (Å²) in [5.41, 5.74) is 1.27. The smallest absolute Gasteiger partial charge is 0.432 e. The van der Waals surface area contributed by atoms with Gasteiger partial charge in [-0.05, 0) is 18.1 Å². The van der Waals surface area contributed by atoms with Crippen LogP contribution < -0.4 is 4.74 Å². The van der Waals surface area contributed by atoms with Gasteiger partial charge in [-0.15, -0.1) is 0 Å². The van der Waals surface area contributed by atoms with Crippen molar-refractivity contribution in [2.24, 2.45) is 0 Å². The molecule has 0 bridgehead atoms. The Morgan fingerprint density at radius 1 is 1.31 bits per heavy atom. The van der Waals surface area contributed by atoms with Crippen molar-refractivity contribution >= 4 is 7.69 Å². The lowest BCUT2D eigenvalue weighted by Gasteiger charge is -2.03. The second-order valence-electron chi connectivity index (χ2n) is 2.31. The van der Waals surface area contributed by atoms with Crippen molar-refractivity contribution in [3.8, 4) is 5.75 Å². The molecular weight excluding hydrogens is 167 g/mol. The molecule has 72 valence electrons. The number of hydrogen-bond acceptors (Lipinski definition) is 3. The van der Waals surface area contributed by atoms with Gasteiger partial charge in [-0.2, -0.15) is 0 Å². The highest BCUT2D eigenvalue weighted by molar-refractivity contribution is 6.13. The van der Waals surface area contributed by atoms with E-state index in [1.54, 1.807) is 7.11 Å². The predicted octanol–water partition coefficient (Wildman–Crippen LogP) is 0.495. The van der Waals surface area contributed by atoms with Crippen molar-refractivity contribution in [1.82, 2.24) is 0 Å². The number of rotatable bonds is 2. The molecule has 0 fully saturated rings. The van der Waals surface area contributed by atoms with E-state index in [0.717, 1.165) is 12.2 Å². The molecule has 0 aliphatic rings. The lowest BCUT2D eigenvalue weighted by Crippen LogP contribution is -1.88. The highest BCUT2D eigenvalue weighted by Gasteiger charge is 1.95. The van der Waals surface area contributed by atoms with Crippen molar-refractivity contribution in [2.45, 2.75) is 13.3 Å². The number of hydrogen-bond donors (Lipinski definition) is 2. The fourth-order valence-electron chi connectivity index (χ4n) is 0.995. The summed E-state index contributed by atoms with van der Waals surface area (Å²) < 4.78 is 5.14. The lowest BCUT2D eigenvalue weighted by molar-refractivity contribution is 0.410. The highest BCUT2D eigenvalue weighted by atomic mass is 16.5. The normalized spacial score (nSPS) is 8.31. The highest BCUT2D eigenvalue weighted by Crippen LogP contribution is 2.16. The maximum atomic E-state index is 7.12. The molecule has 0 saturated carbocycles. The minimum absolute atomic E-state index is 0.750. The number of methoxy groups -OCH3 is 1. The van der Waals surface area contributed by atoms with Crippen LogP contribution in [0.2, 0.25) is 0 Å². The van der Waals surface area contributed by atoms with Gasteiger partial charge in [0.15, 0.2) is 0 Å². The van der Waals surface area contributed by atoms with E-state index in [4.69, 9.17) is 14.8 Å². The third kappa shape index (κ3) is 4.55. The molecule has 0 saturated heterocycles. The van der Waals surface area contributed by atoms with E-state index in [0.29, 0.717) is 0 Å². The molecule has 0 atom stereocenters. The summed E-state index contributed by atoms with van der Waals surface area (Å²) in [7, 11) is 0.953. The number of aryl methyl sites for hydroxylation is 1. The van der Waals surface area contributed by atoms with Crippen LogP contribution in [0.5, 0.6) is 5.75 Å². The van der Waals surface area contributed by atoms with Gasteiger partial charge in [-0.25, -0.2) is 0 Å². The van der Waals surface area contributed by atoms with Gasteiger partial charge >= 0.3 is 7.69 Å². The average molecular weight is 182 g/mol. The van der Waals surface area contributed by atoms with Gasteiger partial charge in [-0.1, -0.05) is 25.1 Å². The third-order valence-electron chi connectivity index (χ3n) is 1.57. The summed E-state index contributed by atoms with van der Waals surface area (Å²) in [6.07, 6.45) is 1.03. The van der Waals surface area contributed by atoms with E-state index in [2.05, 4.69) is 13.0 Å². The summed E-state index contributed by atoms with van der Waals surface area (Å²) in [4.78, 5) is 0. The molecule has 13 heavy (non-hydrogen) atoms. The summed E-state index contributed by atoms with van der Waals surface area (Å²) in [5, 5.41) is 14.2. The standard InChI is InChI=1S/C9H12O.BH3O2/c1-3-8-6-4-5-7-9(8)10-2;2-1-3/h4-7H,3H2,1-2H3;1-3H. The minimum Gasteiger partial charge on any atom is -0.496 e. The molecule has 3 nitrogen and oxygen atoms in total. The van der Waals surface area contributed by atoms with Gasteiger partial charge in [0, 0.05) is 0 Å². The Morgan fingerprint density at radius 3 is 2.23 bits per heavy atom. The predicted molar refractivity (Wildman–Crippen MR) is 54.0 cm³/mol. The topological polar surface area (TPSA) is 49.7 Å². The van der Waals surface area contributed by atoms with E-state index < -0.39 is 7.69 Å². The molecule has 0 spiro atoms. The first-order valence-corrected chi connectivity index (χ1v) is 4.13. The van der Waals surface area contributed by atoms with Gasteiger partial charge in [0.2, 0.25) is 0 Å². The molecule has 1 aromatic carbocycles. The van der Waals surface area contributed by atoms with Gasteiger partial charge in [0.25, 0.3) is 0 Å². The van der Waals surface area contributed by atoms with E-state index in [1.165, 1.54) is 5.56 Å². The van der Waals surface area contributed by atoms with E-state index in [1.807, 2.05) is 18.2 Å².